The molecule has 2 amide bonds. The number of fused-ring (bicyclic) bond motifs is 3. The summed E-state index contributed by atoms with van der Waals surface area (Å²) in [5.41, 5.74) is 2.34. The van der Waals surface area contributed by atoms with E-state index in [4.69, 9.17) is 0 Å². The molecule has 0 bridgehead atoms. The Labute approximate surface area is 189 Å². The van der Waals surface area contributed by atoms with Gasteiger partial charge in [0.1, 0.15) is 17.5 Å². The molecule has 10 nitrogen and oxygen atoms in total. The van der Waals surface area contributed by atoms with E-state index in [9.17, 15) is 14.0 Å². The molecule has 5 rings (SSSR count). The van der Waals surface area contributed by atoms with Crippen LogP contribution in [0, 0.1) is 18.7 Å². The van der Waals surface area contributed by atoms with Crippen LogP contribution in [0.5, 0.6) is 0 Å². The Morgan fingerprint density at radius 1 is 1.18 bits per heavy atom. The molecule has 0 saturated heterocycles. The fourth-order valence-electron chi connectivity index (χ4n) is 3.95. The van der Waals surface area contributed by atoms with Crippen LogP contribution in [-0.2, 0) is 11.3 Å². The number of hydrogen-bond donors (Lipinski definition) is 3. The summed E-state index contributed by atoms with van der Waals surface area (Å²) >= 11 is 0. The zero-order valence-electron chi connectivity index (χ0n) is 18.4. The number of hydrogen-bond acceptors (Lipinski definition) is 7. The maximum absolute atomic E-state index is 14.7. The largest absolute Gasteiger partial charge is 0.364 e. The van der Waals surface area contributed by atoms with Gasteiger partial charge in [-0.2, -0.15) is 5.10 Å². The van der Waals surface area contributed by atoms with Crippen molar-refractivity contribution < 1.29 is 14.0 Å². The minimum atomic E-state index is -0.469. The van der Waals surface area contributed by atoms with Crippen LogP contribution in [0.3, 0.4) is 0 Å². The monoisotopic (exact) mass is 450 g/mol. The van der Waals surface area contributed by atoms with Crippen molar-refractivity contribution in [2.24, 2.45) is 5.92 Å². The van der Waals surface area contributed by atoms with Crippen LogP contribution in [0.4, 0.5) is 27.3 Å². The number of pyridine rings is 1. The molecule has 3 heterocycles. The second-order valence-corrected chi connectivity index (χ2v) is 8.25. The number of nitrogens with zero attached hydrogens (tertiary/aromatic N) is 5. The van der Waals surface area contributed by atoms with E-state index < -0.39 is 5.82 Å². The molecule has 1 aliphatic carbocycles. The molecule has 0 unspecified atom stereocenters. The van der Waals surface area contributed by atoms with Gasteiger partial charge in [-0.3, -0.25) is 9.59 Å². The van der Waals surface area contributed by atoms with E-state index in [0.717, 1.165) is 12.8 Å². The Hall–Kier alpha value is -4.02. The average molecular weight is 450 g/mol. The number of nitrogens with one attached hydrogen (secondary N) is 3. The van der Waals surface area contributed by atoms with Crippen molar-refractivity contribution in [3.05, 3.63) is 47.4 Å². The molecule has 0 spiro atoms. The van der Waals surface area contributed by atoms with Crippen molar-refractivity contribution in [1.29, 1.82) is 0 Å². The first-order valence-electron chi connectivity index (χ1n) is 10.6. The summed E-state index contributed by atoms with van der Waals surface area (Å²) < 4.78 is 16.3. The van der Waals surface area contributed by atoms with Gasteiger partial charge in [0, 0.05) is 38.3 Å². The van der Waals surface area contributed by atoms with Crippen molar-refractivity contribution in [2.75, 3.05) is 29.6 Å². The highest BCUT2D eigenvalue weighted by atomic mass is 19.1. The summed E-state index contributed by atoms with van der Waals surface area (Å²) in [6.07, 6.45) is 3.11. The van der Waals surface area contributed by atoms with Gasteiger partial charge in [-0.15, -0.1) is 0 Å². The molecule has 3 N–H and O–H groups in total. The third-order valence-electron chi connectivity index (χ3n) is 5.67. The van der Waals surface area contributed by atoms with Crippen molar-refractivity contribution in [2.45, 2.75) is 26.3 Å². The van der Waals surface area contributed by atoms with Crippen LogP contribution in [0.15, 0.2) is 24.4 Å². The van der Waals surface area contributed by atoms with Crippen LogP contribution < -0.4 is 20.9 Å². The Bertz CT molecular complexity index is 1280. The SMILES string of the molecule is CNC(=O)c1cnc(NC(=O)C2CC2)cc1Nc1cc(F)cc2c1N(C)Cc1nc(C)nn1-2. The smallest absolute Gasteiger partial charge is 0.254 e. The van der Waals surface area contributed by atoms with Gasteiger partial charge in [-0.1, -0.05) is 0 Å². The molecule has 1 fully saturated rings. The van der Waals surface area contributed by atoms with Gasteiger partial charge >= 0.3 is 0 Å². The summed E-state index contributed by atoms with van der Waals surface area (Å²) in [5.74, 6) is 0.691. The minimum Gasteiger partial charge on any atom is -0.364 e. The van der Waals surface area contributed by atoms with E-state index in [0.29, 0.717) is 46.8 Å². The summed E-state index contributed by atoms with van der Waals surface area (Å²) in [5, 5.41) is 13.0. The van der Waals surface area contributed by atoms with E-state index in [1.165, 1.54) is 25.4 Å². The van der Waals surface area contributed by atoms with E-state index in [2.05, 4.69) is 31.0 Å². The normalized spacial score (nSPS) is 14.4. The van der Waals surface area contributed by atoms with Crippen LogP contribution in [0.1, 0.15) is 34.8 Å². The molecule has 11 heteroatoms. The molecule has 0 atom stereocenters. The highest BCUT2D eigenvalue weighted by Gasteiger charge is 2.30. The van der Waals surface area contributed by atoms with Crippen LogP contribution in [-0.4, -0.2) is 45.7 Å². The summed E-state index contributed by atoms with van der Waals surface area (Å²) in [7, 11) is 3.39. The first kappa shape index (κ1) is 20.9. The predicted molar refractivity (Wildman–Crippen MR) is 120 cm³/mol. The zero-order valence-corrected chi connectivity index (χ0v) is 18.4. The van der Waals surface area contributed by atoms with E-state index in [1.54, 1.807) is 17.7 Å². The third kappa shape index (κ3) is 3.86. The lowest BCUT2D eigenvalue weighted by molar-refractivity contribution is -0.117. The van der Waals surface area contributed by atoms with Crippen molar-refractivity contribution >= 4 is 34.7 Å². The first-order chi connectivity index (χ1) is 15.8. The number of anilines is 4. The zero-order chi connectivity index (χ0) is 23.3. The van der Waals surface area contributed by atoms with Gasteiger partial charge in [-0.05, 0) is 25.8 Å². The van der Waals surface area contributed by atoms with Crippen molar-refractivity contribution in [3.63, 3.8) is 0 Å². The first-order valence-corrected chi connectivity index (χ1v) is 10.6. The van der Waals surface area contributed by atoms with Crippen molar-refractivity contribution in [1.82, 2.24) is 25.1 Å². The molecule has 170 valence electrons. The fourth-order valence-corrected chi connectivity index (χ4v) is 3.95. The standard InChI is InChI=1S/C22H23FN8O2/c1-11-26-19-10-30(3)20-16(6-13(23)7-17(20)31(19)29-11)27-15-8-18(28-21(32)12-4-5-12)25-9-14(15)22(33)24-2/h6-9,12H,4-5,10H2,1-3H3,(H,24,33)(H2,25,27,28,32). The fraction of sp³-hybridized carbons (Fsp3) is 0.318. The summed E-state index contributed by atoms with van der Waals surface area (Å²) in [6, 6.07) is 4.35. The Balaban J connectivity index is 1.58. The Morgan fingerprint density at radius 2 is 1.97 bits per heavy atom. The van der Waals surface area contributed by atoms with Gasteiger partial charge in [-0.25, -0.2) is 19.0 Å². The molecule has 3 aromatic rings. The van der Waals surface area contributed by atoms with Gasteiger partial charge in [0.05, 0.1) is 34.9 Å². The average Bonchev–Trinajstić information content (AvgIpc) is 3.55. The minimum absolute atomic E-state index is 0.00560. The molecule has 0 radical (unpaired) electrons. The number of halogens is 1. The van der Waals surface area contributed by atoms with Crippen molar-refractivity contribution in [3.8, 4) is 5.69 Å². The topological polar surface area (TPSA) is 117 Å². The number of amides is 2. The molecule has 2 aromatic heterocycles. The second kappa shape index (κ2) is 7.84. The van der Waals surface area contributed by atoms with Gasteiger partial charge in [0.2, 0.25) is 5.91 Å². The molecular weight excluding hydrogens is 427 g/mol. The number of carbonyl (C=O) groups excluding carboxylic acids is 2. The molecule has 1 saturated carbocycles. The van der Waals surface area contributed by atoms with Gasteiger partial charge < -0.3 is 20.9 Å². The number of benzene rings is 1. The molecule has 2 aliphatic rings. The highest BCUT2D eigenvalue weighted by molar-refractivity contribution is 6.02. The Morgan fingerprint density at radius 3 is 2.70 bits per heavy atom. The maximum Gasteiger partial charge on any atom is 0.254 e. The molecule has 33 heavy (non-hydrogen) atoms. The van der Waals surface area contributed by atoms with E-state index >= 15 is 0 Å². The molecule has 1 aromatic carbocycles. The summed E-state index contributed by atoms with van der Waals surface area (Å²) in [6.45, 7) is 2.27. The van der Waals surface area contributed by atoms with Gasteiger partial charge in [0.15, 0.2) is 5.82 Å². The number of aryl methyl sites for hydroxylation is 1. The summed E-state index contributed by atoms with van der Waals surface area (Å²) in [4.78, 5) is 35.2. The molecular formula is C22H23FN8O2. The Kier molecular flexibility index (Phi) is 4.95. The van der Waals surface area contributed by atoms with Crippen LogP contribution in [0.25, 0.3) is 5.69 Å². The van der Waals surface area contributed by atoms with Gasteiger partial charge in [0.25, 0.3) is 5.91 Å². The van der Waals surface area contributed by atoms with Crippen LogP contribution in [0.2, 0.25) is 0 Å². The highest BCUT2D eigenvalue weighted by Crippen LogP contribution is 2.39. The lowest BCUT2D eigenvalue weighted by Crippen LogP contribution is -2.27. The second-order valence-electron chi connectivity index (χ2n) is 8.25. The third-order valence-corrected chi connectivity index (χ3v) is 5.67. The van der Waals surface area contributed by atoms with E-state index in [1.807, 2.05) is 11.9 Å². The maximum atomic E-state index is 14.7. The number of carbonyl (C=O) groups is 2. The predicted octanol–water partition coefficient (Wildman–Crippen LogP) is 2.51. The number of aromatic nitrogens is 4. The number of rotatable bonds is 5. The van der Waals surface area contributed by atoms with E-state index in [-0.39, 0.29) is 23.3 Å². The van der Waals surface area contributed by atoms with Crippen LogP contribution >= 0.6 is 0 Å². The lowest BCUT2D eigenvalue weighted by Gasteiger charge is -2.30. The lowest BCUT2D eigenvalue weighted by atomic mass is 10.1. The quantitative estimate of drug-likeness (QED) is 0.547. The molecule has 1 aliphatic heterocycles.